The summed E-state index contributed by atoms with van der Waals surface area (Å²) in [7, 11) is 4.95. The van der Waals surface area contributed by atoms with Gasteiger partial charge in [-0.3, -0.25) is 15.3 Å². The van der Waals surface area contributed by atoms with Crippen LogP contribution in [0.2, 0.25) is 0 Å². The lowest BCUT2D eigenvalue weighted by Gasteiger charge is -2.12. The van der Waals surface area contributed by atoms with Crippen molar-refractivity contribution in [1.82, 2.24) is 5.48 Å². The average molecular weight is 274 g/mol. The second kappa shape index (κ2) is 8.17. The molecule has 1 N–H and O–H groups in total. The summed E-state index contributed by atoms with van der Waals surface area (Å²) < 4.78 is 5.32. The highest BCUT2D eigenvalue weighted by Gasteiger charge is 2.05. The third-order valence-electron chi connectivity index (χ3n) is 2.82. The van der Waals surface area contributed by atoms with E-state index in [-0.39, 0.29) is 0 Å². The maximum Gasteiger partial charge on any atom is 0.119 e. The summed E-state index contributed by atoms with van der Waals surface area (Å²) in [5, 5.41) is 0. The van der Waals surface area contributed by atoms with Gasteiger partial charge in [0.1, 0.15) is 5.75 Å². The highest BCUT2D eigenvalue weighted by molar-refractivity contribution is 5.77. The maximum absolute atomic E-state index is 5.32. The first-order valence-corrected chi connectivity index (χ1v) is 6.37. The highest BCUT2D eigenvalue weighted by Crippen LogP contribution is 2.22. The Morgan fingerprint density at radius 3 is 2.65 bits per heavy atom. The minimum Gasteiger partial charge on any atom is -0.497 e. The Balaban J connectivity index is 2.87. The van der Waals surface area contributed by atoms with Crippen molar-refractivity contribution in [3.05, 3.63) is 48.1 Å². The van der Waals surface area contributed by atoms with Gasteiger partial charge >= 0.3 is 0 Å². The molecular formula is C16H22N2O2. The van der Waals surface area contributed by atoms with Crippen LogP contribution in [-0.2, 0) is 11.3 Å². The van der Waals surface area contributed by atoms with Gasteiger partial charge in [0.2, 0.25) is 0 Å². The number of rotatable bonds is 8. The van der Waals surface area contributed by atoms with Crippen LogP contribution in [0.15, 0.2) is 41.9 Å². The lowest BCUT2D eigenvalue weighted by molar-refractivity contribution is 0.137. The topological polar surface area (TPSA) is 42.8 Å². The number of hydrogen-bond donors (Lipinski definition) is 1. The Morgan fingerprint density at radius 1 is 1.30 bits per heavy atom. The first-order chi connectivity index (χ1) is 9.60. The molecule has 0 aromatic heterocycles. The fourth-order valence-electron chi connectivity index (χ4n) is 1.83. The minimum atomic E-state index is 0.696. The van der Waals surface area contributed by atoms with Crippen LogP contribution in [0.25, 0.3) is 5.70 Å². The zero-order chi connectivity index (χ0) is 15.0. The first kappa shape index (κ1) is 16.0. The van der Waals surface area contributed by atoms with Gasteiger partial charge in [0.25, 0.3) is 0 Å². The second-order valence-corrected chi connectivity index (χ2v) is 4.40. The molecular weight excluding hydrogens is 252 g/mol. The van der Waals surface area contributed by atoms with Crippen LogP contribution in [0.1, 0.15) is 17.5 Å². The molecule has 0 radical (unpaired) electrons. The van der Waals surface area contributed by atoms with E-state index >= 15 is 0 Å². The number of nitrogens with one attached hydrogen (secondary N) is 1. The molecule has 0 atom stereocenters. The van der Waals surface area contributed by atoms with Gasteiger partial charge in [-0.2, -0.15) is 0 Å². The van der Waals surface area contributed by atoms with E-state index in [9.17, 15) is 0 Å². The maximum atomic E-state index is 5.32. The van der Waals surface area contributed by atoms with Gasteiger partial charge in [-0.05, 0) is 42.2 Å². The normalized spacial score (nSPS) is 10.6. The number of aryl methyl sites for hydroxylation is 1. The minimum absolute atomic E-state index is 0.696. The van der Waals surface area contributed by atoms with E-state index in [1.807, 2.05) is 12.1 Å². The Hall–Kier alpha value is -2.07. The van der Waals surface area contributed by atoms with Crippen LogP contribution in [0.3, 0.4) is 0 Å². The van der Waals surface area contributed by atoms with Crippen molar-refractivity contribution in [2.24, 2.45) is 4.99 Å². The molecule has 0 bridgehead atoms. The van der Waals surface area contributed by atoms with Crippen molar-refractivity contribution in [2.45, 2.75) is 12.8 Å². The molecule has 1 aromatic carbocycles. The summed E-state index contributed by atoms with van der Waals surface area (Å²) in [6, 6.07) is 5.99. The van der Waals surface area contributed by atoms with Crippen LogP contribution in [0.5, 0.6) is 5.75 Å². The monoisotopic (exact) mass is 274 g/mol. The van der Waals surface area contributed by atoms with E-state index in [4.69, 9.17) is 9.57 Å². The van der Waals surface area contributed by atoms with Gasteiger partial charge in [0.15, 0.2) is 0 Å². The summed E-state index contributed by atoms with van der Waals surface area (Å²) in [4.78, 5) is 8.84. The van der Waals surface area contributed by atoms with Crippen LogP contribution in [0, 0.1) is 0 Å². The summed E-state index contributed by atoms with van der Waals surface area (Å²) in [5.41, 5.74) is 6.54. The van der Waals surface area contributed by atoms with Gasteiger partial charge < -0.3 is 4.74 Å². The zero-order valence-corrected chi connectivity index (χ0v) is 12.4. The fourth-order valence-corrected chi connectivity index (χ4v) is 1.83. The summed E-state index contributed by atoms with van der Waals surface area (Å²) in [6.07, 6.45) is 3.51. The fraction of sp³-hybridized carbons (Fsp3) is 0.312. The third kappa shape index (κ3) is 4.90. The highest BCUT2D eigenvalue weighted by atomic mass is 16.6. The smallest absolute Gasteiger partial charge is 0.119 e. The third-order valence-corrected chi connectivity index (χ3v) is 2.82. The standard InChI is InChI=1S/C16H22N2O2/c1-12(11-17-3)6-7-14-8-15(13(2)18-20-5)10-16(9-14)19-4/h8-11,18H,1-2,6-7H2,3-5H3/b17-11-. The average Bonchev–Trinajstić information content (AvgIpc) is 2.45. The van der Waals surface area contributed by atoms with Crippen molar-refractivity contribution in [1.29, 1.82) is 0 Å². The lowest BCUT2D eigenvalue weighted by atomic mass is 10.0. The molecule has 0 heterocycles. The molecule has 1 rings (SSSR count). The van der Waals surface area contributed by atoms with Crippen LogP contribution >= 0.6 is 0 Å². The van der Waals surface area contributed by atoms with E-state index < -0.39 is 0 Å². The zero-order valence-electron chi connectivity index (χ0n) is 12.4. The molecule has 1 aromatic rings. The number of aliphatic imine (C=N–C) groups is 1. The van der Waals surface area contributed by atoms with E-state index in [1.165, 1.54) is 0 Å². The quantitative estimate of drug-likeness (QED) is 0.585. The molecule has 0 aliphatic heterocycles. The largest absolute Gasteiger partial charge is 0.497 e. The number of hydrogen-bond acceptors (Lipinski definition) is 4. The molecule has 0 unspecified atom stereocenters. The number of nitrogens with zero attached hydrogens (tertiary/aromatic N) is 1. The van der Waals surface area contributed by atoms with Crippen LogP contribution < -0.4 is 10.2 Å². The van der Waals surface area contributed by atoms with Crippen molar-refractivity contribution >= 4 is 11.9 Å². The SMILES string of the molecule is C=C(/C=N\C)CCc1cc(OC)cc(C(=C)NOC)c1. The van der Waals surface area contributed by atoms with Gasteiger partial charge in [0.05, 0.1) is 19.9 Å². The Kier molecular flexibility index (Phi) is 6.53. The molecule has 20 heavy (non-hydrogen) atoms. The van der Waals surface area contributed by atoms with Gasteiger partial charge in [-0.15, -0.1) is 0 Å². The Morgan fingerprint density at radius 2 is 2.05 bits per heavy atom. The van der Waals surface area contributed by atoms with Crippen molar-refractivity contribution in [3.63, 3.8) is 0 Å². The number of allylic oxidation sites excluding steroid dienone is 1. The van der Waals surface area contributed by atoms with Gasteiger partial charge in [-0.25, -0.2) is 0 Å². The molecule has 4 heteroatoms. The molecule has 0 saturated heterocycles. The van der Waals surface area contributed by atoms with E-state index in [0.29, 0.717) is 5.70 Å². The number of benzene rings is 1. The molecule has 0 amide bonds. The Labute approximate surface area is 120 Å². The Bertz CT molecular complexity index is 507. The van der Waals surface area contributed by atoms with Crippen LogP contribution in [0.4, 0.5) is 0 Å². The second-order valence-electron chi connectivity index (χ2n) is 4.40. The molecule has 108 valence electrons. The van der Waals surface area contributed by atoms with Crippen molar-refractivity contribution in [3.8, 4) is 5.75 Å². The van der Waals surface area contributed by atoms with E-state index in [2.05, 4.69) is 29.7 Å². The summed E-state index contributed by atoms with van der Waals surface area (Å²) in [6.45, 7) is 7.88. The summed E-state index contributed by atoms with van der Waals surface area (Å²) in [5.74, 6) is 0.798. The van der Waals surface area contributed by atoms with Crippen molar-refractivity contribution < 1.29 is 9.57 Å². The van der Waals surface area contributed by atoms with Gasteiger partial charge in [0, 0.05) is 18.8 Å². The molecule has 0 aliphatic rings. The number of ether oxygens (including phenoxy) is 1. The predicted molar refractivity (Wildman–Crippen MR) is 84.0 cm³/mol. The molecule has 0 saturated carbocycles. The molecule has 0 aliphatic carbocycles. The van der Waals surface area contributed by atoms with Gasteiger partial charge in [-0.1, -0.05) is 13.2 Å². The molecule has 0 spiro atoms. The number of methoxy groups -OCH3 is 1. The summed E-state index contributed by atoms with van der Waals surface area (Å²) >= 11 is 0. The first-order valence-electron chi connectivity index (χ1n) is 6.37. The van der Waals surface area contributed by atoms with E-state index in [0.717, 1.165) is 35.3 Å². The molecule has 4 nitrogen and oxygen atoms in total. The van der Waals surface area contributed by atoms with Crippen molar-refractivity contribution in [2.75, 3.05) is 21.3 Å². The number of hydroxylamine groups is 1. The lowest BCUT2D eigenvalue weighted by Crippen LogP contribution is -2.09. The van der Waals surface area contributed by atoms with E-state index in [1.54, 1.807) is 27.5 Å². The predicted octanol–water partition coefficient (Wildman–Crippen LogP) is 3.01. The van der Waals surface area contributed by atoms with Crippen LogP contribution in [-0.4, -0.2) is 27.5 Å². The molecule has 0 fully saturated rings.